The highest BCUT2D eigenvalue weighted by Crippen LogP contribution is 2.43. The first-order valence-electron chi connectivity index (χ1n) is 16.7. The first-order chi connectivity index (χ1) is 24.3. The Hall–Kier alpha value is -6.58. The average molecular weight is 627 g/mol. The molecule has 0 atom stereocenters. The highest BCUT2D eigenvalue weighted by atomic mass is 16.3. The number of para-hydroxylation sites is 3. The molecule has 3 nitrogen and oxygen atoms in total. The number of fused-ring (bicyclic) bond motifs is 8. The lowest BCUT2D eigenvalue weighted by Gasteiger charge is -2.26. The fourth-order valence-corrected chi connectivity index (χ4v) is 7.58. The minimum absolute atomic E-state index is 0.876. The minimum atomic E-state index is 0.876. The van der Waals surface area contributed by atoms with Crippen molar-refractivity contribution in [3.05, 3.63) is 182 Å². The Kier molecular flexibility index (Phi) is 6.18. The zero-order valence-corrected chi connectivity index (χ0v) is 26.6. The molecule has 2 heterocycles. The van der Waals surface area contributed by atoms with Gasteiger partial charge in [0.2, 0.25) is 0 Å². The fourth-order valence-electron chi connectivity index (χ4n) is 7.58. The Bertz CT molecular complexity index is 2770. The monoisotopic (exact) mass is 626 g/mol. The van der Waals surface area contributed by atoms with Crippen LogP contribution >= 0.6 is 0 Å². The number of hydrogen-bond donors (Lipinski definition) is 0. The zero-order valence-electron chi connectivity index (χ0n) is 26.6. The van der Waals surface area contributed by atoms with Crippen molar-refractivity contribution < 1.29 is 4.42 Å². The first kappa shape index (κ1) is 27.5. The molecular formula is C46H30N2O. The van der Waals surface area contributed by atoms with Gasteiger partial charge in [-0.1, -0.05) is 115 Å². The van der Waals surface area contributed by atoms with Crippen molar-refractivity contribution in [2.75, 3.05) is 4.90 Å². The third-order valence-electron chi connectivity index (χ3n) is 9.74. The second-order valence-corrected chi connectivity index (χ2v) is 12.6. The van der Waals surface area contributed by atoms with Crippen LogP contribution in [0.2, 0.25) is 0 Å². The van der Waals surface area contributed by atoms with E-state index >= 15 is 0 Å². The summed E-state index contributed by atoms with van der Waals surface area (Å²) in [5.74, 6) is 0. The molecule has 0 aliphatic rings. The van der Waals surface area contributed by atoms with E-state index in [0.717, 1.165) is 50.1 Å². The van der Waals surface area contributed by atoms with Crippen molar-refractivity contribution in [1.82, 2.24) is 4.57 Å². The standard InChI is InChI=1S/C46H30N2O/c1-3-14-31(15-4-1)40-30-42-41-29-35(26-27-45(41)49-46(42)39-23-8-7-20-36(39)40)47(32-16-5-2-6-17-32)33-18-13-19-34(28-33)48-43-24-11-9-21-37(43)38-22-10-12-25-44(38)48/h1-30H. The van der Waals surface area contributed by atoms with Gasteiger partial charge < -0.3 is 13.9 Å². The molecule has 0 fully saturated rings. The SMILES string of the molecule is c1ccc(-c2cc3c4cc(N(c5ccccc5)c5cccc(-n6c7ccccc7c7ccccc76)c5)ccc4oc3c3ccccc23)cc1. The van der Waals surface area contributed by atoms with E-state index in [1.807, 2.05) is 0 Å². The fraction of sp³-hybridized carbons (Fsp3) is 0. The van der Waals surface area contributed by atoms with Gasteiger partial charge in [0.05, 0.1) is 11.0 Å². The Morgan fingerprint density at radius 2 is 0.980 bits per heavy atom. The molecule has 0 bridgehead atoms. The van der Waals surface area contributed by atoms with E-state index in [1.54, 1.807) is 0 Å². The van der Waals surface area contributed by atoms with E-state index in [9.17, 15) is 0 Å². The van der Waals surface area contributed by atoms with E-state index in [2.05, 4.69) is 191 Å². The van der Waals surface area contributed by atoms with Crippen LogP contribution in [0.5, 0.6) is 0 Å². The third-order valence-corrected chi connectivity index (χ3v) is 9.74. The molecule has 10 aromatic rings. The number of anilines is 3. The lowest BCUT2D eigenvalue weighted by Crippen LogP contribution is -2.10. The number of nitrogens with zero attached hydrogens (tertiary/aromatic N) is 2. The quantitative estimate of drug-likeness (QED) is 0.190. The molecule has 0 radical (unpaired) electrons. The van der Waals surface area contributed by atoms with Gasteiger partial charge in [-0.05, 0) is 83.2 Å². The summed E-state index contributed by atoms with van der Waals surface area (Å²) >= 11 is 0. The molecular weight excluding hydrogens is 597 g/mol. The van der Waals surface area contributed by atoms with E-state index in [1.165, 1.54) is 38.3 Å². The highest BCUT2D eigenvalue weighted by molar-refractivity contribution is 6.19. The maximum absolute atomic E-state index is 6.63. The van der Waals surface area contributed by atoms with Crippen LogP contribution in [0, 0.1) is 0 Å². The van der Waals surface area contributed by atoms with Crippen LogP contribution < -0.4 is 4.90 Å². The van der Waals surface area contributed by atoms with Crippen molar-refractivity contribution in [2.45, 2.75) is 0 Å². The molecule has 0 N–H and O–H groups in total. The van der Waals surface area contributed by atoms with Crippen LogP contribution in [0.15, 0.2) is 186 Å². The summed E-state index contributed by atoms with van der Waals surface area (Å²) in [6, 6.07) is 64.9. The summed E-state index contributed by atoms with van der Waals surface area (Å²) < 4.78 is 9.01. The predicted molar refractivity (Wildman–Crippen MR) is 206 cm³/mol. The van der Waals surface area contributed by atoms with Crippen molar-refractivity contribution in [1.29, 1.82) is 0 Å². The summed E-state index contributed by atoms with van der Waals surface area (Å²) in [4.78, 5) is 2.34. The Morgan fingerprint density at radius 1 is 0.388 bits per heavy atom. The van der Waals surface area contributed by atoms with Crippen LogP contribution in [0.25, 0.3) is 71.3 Å². The molecule has 0 amide bonds. The molecule has 3 heteroatoms. The summed E-state index contributed by atoms with van der Waals surface area (Å²) in [6.45, 7) is 0. The summed E-state index contributed by atoms with van der Waals surface area (Å²) in [5, 5.41) is 7.02. The Morgan fingerprint density at radius 3 is 1.71 bits per heavy atom. The van der Waals surface area contributed by atoms with Crippen LogP contribution in [-0.2, 0) is 0 Å². The molecule has 0 aliphatic heterocycles. The van der Waals surface area contributed by atoms with Crippen LogP contribution in [0.4, 0.5) is 17.1 Å². The van der Waals surface area contributed by atoms with Gasteiger partial charge in [-0.2, -0.15) is 0 Å². The molecule has 0 unspecified atom stereocenters. The van der Waals surface area contributed by atoms with Gasteiger partial charge in [-0.25, -0.2) is 0 Å². The lowest BCUT2D eigenvalue weighted by molar-refractivity contribution is 0.672. The van der Waals surface area contributed by atoms with Crippen molar-refractivity contribution >= 4 is 71.6 Å². The lowest BCUT2D eigenvalue weighted by atomic mass is 9.95. The maximum atomic E-state index is 6.63. The molecule has 10 rings (SSSR count). The number of rotatable bonds is 5. The van der Waals surface area contributed by atoms with Crippen LogP contribution in [0.1, 0.15) is 0 Å². The van der Waals surface area contributed by atoms with Crippen LogP contribution in [0.3, 0.4) is 0 Å². The zero-order chi connectivity index (χ0) is 32.3. The molecule has 0 saturated carbocycles. The molecule has 0 spiro atoms. The van der Waals surface area contributed by atoms with Gasteiger partial charge in [0, 0.05) is 49.7 Å². The van der Waals surface area contributed by atoms with Gasteiger partial charge in [-0.15, -0.1) is 0 Å². The normalized spacial score (nSPS) is 11.7. The smallest absolute Gasteiger partial charge is 0.143 e. The highest BCUT2D eigenvalue weighted by Gasteiger charge is 2.19. The molecule has 49 heavy (non-hydrogen) atoms. The molecule has 2 aromatic heterocycles. The van der Waals surface area contributed by atoms with Crippen LogP contribution in [-0.4, -0.2) is 4.57 Å². The number of hydrogen-bond acceptors (Lipinski definition) is 2. The number of aromatic nitrogens is 1. The molecule has 0 saturated heterocycles. The van der Waals surface area contributed by atoms with Gasteiger partial charge in [0.25, 0.3) is 0 Å². The van der Waals surface area contributed by atoms with E-state index in [4.69, 9.17) is 4.42 Å². The average Bonchev–Trinajstić information content (AvgIpc) is 3.71. The van der Waals surface area contributed by atoms with Crippen molar-refractivity contribution in [2.24, 2.45) is 0 Å². The summed E-state index contributed by atoms with van der Waals surface area (Å²) in [6.07, 6.45) is 0. The first-order valence-corrected chi connectivity index (χ1v) is 16.7. The second-order valence-electron chi connectivity index (χ2n) is 12.6. The van der Waals surface area contributed by atoms with E-state index in [-0.39, 0.29) is 0 Å². The third kappa shape index (κ3) is 4.37. The predicted octanol–water partition coefficient (Wildman–Crippen LogP) is 13.0. The van der Waals surface area contributed by atoms with Gasteiger partial charge in [0.1, 0.15) is 11.2 Å². The van der Waals surface area contributed by atoms with Crippen molar-refractivity contribution in [3.63, 3.8) is 0 Å². The van der Waals surface area contributed by atoms with Crippen molar-refractivity contribution in [3.8, 4) is 16.8 Å². The number of furan rings is 1. The summed E-state index contributed by atoms with van der Waals surface area (Å²) in [7, 11) is 0. The Labute approximate surface area is 283 Å². The van der Waals surface area contributed by atoms with E-state index < -0.39 is 0 Å². The second kappa shape index (κ2) is 11.0. The molecule has 0 aliphatic carbocycles. The summed E-state index contributed by atoms with van der Waals surface area (Å²) in [5.41, 5.74) is 10.9. The molecule has 230 valence electrons. The Balaban J connectivity index is 1.19. The number of benzene rings is 8. The topological polar surface area (TPSA) is 21.3 Å². The minimum Gasteiger partial charge on any atom is -0.455 e. The van der Waals surface area contributed by atoms with Gasteiger partial charge >= 0.3 is 0 Å². The maximum Gasteiger partial charge on any atom is 0.143 e. The van der Waals surface area contributed by atoms with Gasteiger partial charge in [0.15, 0.2) is 0 Å². The van der Waals surface area contributed by atoms with E-state index in [0.29, 0.717) is 0 Å². The largest absolute Gasteiger partial charge is 0.455 e. The molecule has 8 aromatic carbocycles. The van der Waals surface area contributed by atoms with Gasteiger partial charge in [-0.3, -0.25) is 0 Å².